The van der Waals surface area contributed by atoms with Crippen molar-refractivity contribution in [2.75, 3.05) is 12.4 Å². The number of carbonyl (C=O) groups excluding carboxylic acids is 1. The number of hydrogen-bond acceptors (Lipinski definition) is 2. The number of anilines is 1. The standard InChI is InChI=1S/C9H10NO2.K/c1-7(11)10-8-4-3-5-9(6-8)12-2;/h4-6H,1-2H3,(H,10,11);/q-1;+1. The molecule has 0 saturated carbocycles. The first-order chi connectivity index (χ1) is 5.72. The summed E-state index contributed by atoms with van der Waals surface area (Å²) in [6.45, 7) is 1.46. The van der Waals surface area contributed by atoms with Gasteiger partial charge in [0.15, 0.2) is 0 Å². The molecule has 1 N–H and O–H groups in total. The molecule has 1 rings (SSSR count). The van der Waals surface area contributed by atoms with Gasteiger partial charge in [0.2, 0.25) is 5.91 Å². The van der Waals surface area contributed by atoms with Gasteiger partial charge in [0.25, 0.3) is 0 Å². The summed E-state index contributed by atoms with van der Waals surface area (Å²) in [5.74, 6) is 0.581. The Kier molecular flexibility index (Phi) is 6.62. The molecule has 0 atom stereocenters. The maximum atomic E-state index is 10.6. The second-order valence-corrected chi connectivity index (χ2v) is 2.34. The Morgan fingerprint density at radius 3 is 2.77 bits per heavy atom. The molecule has 4 heteroatoms. The van der Waals surface area contributed by atoms with Crippen molar-refractivity contribution in [2.45, 2.75) is 6.92 Å². The zero-order valence-electron chi connectivity index (χ0n) is 8.05. The van der Waals surface area contributed by atoms with E-state index >= 15 is 0 Å². The maximum absolute atomic E-state index is 10.6. The molecule has 13 heavy (non-hydrogen) atoms. The molecular weight excluding hydrogens is 193 g/mol. The quantitative estimate of drug-likeness (QED) is 0.467. The maximum Gasteiger partial charge on any atom is 1.00 e. The summed E-state index contributed by atoms with van der Waals surface area (Å²) in [4.78, 5) is 10.6. The van der Waals surface area contributed by atoms with Gasteiger partial charge in [-0.25, -0.2) is 0 Å². The Balaban J connectivity index is 0.00000144. The van der Waals surface area contributed by atoms with Crippen LogP contribution in [-0.2, 0) is 4.79 Å². The molecular formula is C9H10KNO2. The van der Waals surface area contributed by atoms with Crippen LogP contribution in [-0.4, -0.2) is 13.0 Å². The van der Waals surface area contributed by atoms with E-state index in [0.29, 0.717) is 11.4 Å². The molecule has 0 heterocycles. The fourth-order valence-corrected chi connectivity index (χ4v) is 0.843. The van der Waals surface area contributed by atoms with Crippen LogP contribution in [0, 0.1) is 6.07 Å². The first-order valence-electron chi connectivity index (χ1n) is 3.55. The van der Waals surface area contributed by atoms with Crippen LogP contribution in [0.5, 0.6) is 5.75 Å². The van der Waals surface area contributed by atoms with E-state index in [1.807, 2.05) is 0 Å². The molecule has 0 unspecified atom stereocenters. The van der Waals surface area contributed by atoms with Gasteiger partial charge in [-0.3, -0.25) is 4.79 Å². The molecule has 1 aromatic carbocycles. The topological polar surface area (TPSA) is 38.3 Å². The predicted octanol–water partition coefficient (Wildman–Crippen LogP) is -1.54. The summed E-state index contributed by atoms with van der Waals surface area (Å²) in [5, 5.41) is 2.63. The van der Waals surface area contributed by atoms with Gasteiger partial charge < -0.3 is 10.1 Å². The van der Waals surface area contributed by atoms with Crippen LogP contribution >= 0.6 is 0 Å². The van der Waals surface area contributed by atoms with Crippen LogP contribution < -0.4 is 61.4 Å². The zero-order chi connectivity index (χ0) is 8.97. The number of ether oxygens (including phenoxy) is 1. The normalized spacial score (nSPS) is 8.46. The van der Waals surface area contributed by atoms with E-state index in [4.69, 9.17) is 4.74 Å². The third kappa shape index (κ3) is 4.78. The Morgan fingerprint density at radius 1 is 1.54 bits per heavy atom. The molecule has 0 radical (unpaired) electrons. The van der Waals surface area contributed by atoms with Crippen molar-refractivity contribution in [2.24, 2.45) is 0 Å². The number of rotatable bonds is 2. The summed E-state index contributed by atoms with van der Waals surface area (Å²) >= 11 is 0. The Morgan fingerprint density at radius 2 is 2.23 bits per heavy atom. The van der Waals surface area contributed by atoms with Crippen LogP contribution in [0.3, 0.4) is 0 Å². The molecule has 64 valence electrons. The fourth-order valence-electron chi connectivity index (χ4n) is 0.843. The Bertz CT molecular complexity index is 289. The zero-order valence-corrected chi connectivity index (χ0v) is 11.2. The molecule has 1 amide bonds. The molecule has 0 aliphatic rings. The molecule has 0 saturated heterocycles. The largest absolute Gasteiger partial charge is 1.00 e. The average Bonchev–Trinajstić information content (AvgIpc) is 2.03. The van der Waals surface area contributed by atoms with Gasteiger partial charge in [0, 0.05) is 12.7 Å². The van der Waals surface area contributed by atoms with Crippen molar-refractivity contribution in [3.05, 3.63) is 24.3 Å². The van der Waals surface area contributed by atoms with Crippen molar-refractivity contribution < 1.29 is 60.9 Å². The second kappa shape index (κ2) is 6.56. The molecule has 0 spiro atoms. The Labute approximate surface area is 120 Å². The van der Waals surface area contributed by atoms with Gasteiger partial charge in [0.05, 0.1) is 7.11 Å². The van der Waals surface area contributed by atoms with Crippen LogP contribution in [0.1, 0.15) is 6.92 Å². The van der Waals surface area contributed by atoms with Gasteiger partial charge in [-0.2, -0.15) is 12.1 Å². The minimum Gasteiger partial charge on any atom is -0.554 e. The molecule has 3 nitrogen and oxygen atoms in total. The van der Waals surface area contributed by atoms with Gasteiger partial charge in [0.1, 0.15) is 0 Å². The smallest absolute Gasteiger partial charge is 0.554 e. The van der Waals surface area contributed by atoms with Gasteiger partial charge >= 0.3 is 51.4 Å². The average molecular weight is 203 g/mol. The van der Waals surface area contributed by atoms with Crippen molar-refractivity contribution in [3.8, 4) is 5.75 Å². The Hall–Kier alpha value is 0.126. The number of nitrogens with one attached hydrogen (secondary N) is 1. The summed E-state index contributed by atoms with van der Waals surface area (Å²) < 4.78 is 4.95. The van der Waals surface area contributed by atoms with E-state index < -0.39 is 0 Å². The van der Waals surface area contributed by atoms with Crippen LogP contribution in [0.25, 0.3) is 0 Å². The monoisotopic (exact) mass is 203 g/mol. The summed E-state index contributed by atoms with van der Waals surface area (Å²) in [6.07, 6.45) is 0. The minimum absolute atomic E-state index is 0. The predicted molar refractivity (Wildman–Crippen MR) is 46.1 cm³/mol. The van der Waals surface area contributed by atoms with E-state index in [1.165, 1.54) is 6.92 Å². The molecule has 0 aromatic heterocycles. The molecule has 0 aliphatic heterocycles. The molecule has 0 fully saturated rings. The molecule has 1 aromatic rings. The van der Waals surface area contributed by atoms with Crippen LogP contribution in [0.2, 0.25) is 0 Å². The van der Waals surface area contributed by atoms with Crippen molar-refractivity contribution in [3.63, 3.8) is 0 Å². The van der Waals surface area contributed by atoms with E-state index in [-0.39, 0.29) is 57.3 Å². The van der Waals surface area contributed by atoms with E-state index in [9.17, 15) is 4.79 Å². The molecule has 0 aliphatic carbocycles. The van der Waals surface area contributed by atoms with Gasteiger partial charge in [-0.1, -0.05) is 5.69 Å². The third-order valence-electron chi connectivity index (χ3n) is 1.32. The SMILES string of the molecule is COc1c[c-]cc(NC(C)=O)c1.[K+]. The summed E-state index contributed by atoms with van der Waals surface area (Å²) in [5.41, 5.74) is 0.696. The fraction of sp³-hybridized carbons (Fsp3) is 0.222. The van der Waals surface area contributed by atoms with Gasteiger partial charge in [-0.05, 0) is 0 Å². The number of methoxy groups -OCH3 is 1. The number of amides is 1. The minimum atomic E-state index is -0.100. The molecule has 0 bridgehead atoms. The number of hydrogen-bond donors (Lipinski definition) is 1. The van der Waals surface area contributed by atoms with Crippen molar-refractivity contribution in [1.82, 2.24) is 0 Å². The van der Waals surface area contributed by atoms with Gasteiger partial charge in [-0.15, -0.1) is 12.1 Å². The summed E-state index contributed by atoms with van der Waals surface area (Å²) in [7, 11) is 1.57. The van der Waals surface area contributed by atoms with E-state index in [1.54, 1.807) is 25.3 Å². The summed E-state index contributed by atoms with van der Waals surface area (Å²) in [6, 6.07) is 7.96. The number of benzene rings is 1. The third-order valence-corrected chi connectivity index (χ3v) is 1.32. The first-order valence-corrected chi connectivity index (χ1v) is 3.55. The van der Waals surface area contributed by atoms with E-state index in [0.717, 1.165) is 0 Å². The number of carbonyl (C=O) groups is 1. The van der Waals surface area contributed by atoms with Crippen LogP contribution in [0.4, 0.5) is 5.69 Å². The van der Waals surface area contributed by atoms with Crippen LogP contribution in [0.15, 0.2) is 18.2 Å². The van der Waals surface area contributed by atoms with Crippen molar-refractivity contribution >= 4 is 11.6 Å². The second-order valence-electron chi connectivity index (χ2n) is 2.34. The van der Waals surface area contributed by atoms with Crippen molar-refractivity contribution in [1.29, 1.82) is 0 Å². The first kappa shape index (κ1) is 13.1. The van der Waals surface area contributed by atoms with E-state index in [2.05, 4.69) is 11.4 Å².